The zero-order valence-corrected chi connectivity index (χ0v) is 21.2. The topological polar surface area (TPSA) is 98.2 Å². The second kappa shape index (κ2) is 8.81. The molecule has 34 heavy (non-hydrogen) atoms. The number of hydrogen-bond donors (Lipinski definition) is 1. The van der Waals surface area contributed by atoms with Crippen LogP contribution in [-0.2, 0) is 15.4 Å². The second-order valence-corrected chi connectivity index (χ2v) is 11.6. The second-order valence-electron chi connectivity index (χ2n) is 8.87. The summed E-state index contributed by atoms with van der Waals surface area (Å²) in [6, 6.07) is 13.8. The van der Waals surface area contributed by atoms with Crippen molar-refractivity contribution in [2.75, 3.05) is 7.11 Å². The molecule has 176 valence electrons. The van der Waals surface area contributed by atoms with E-state index >= 15 is 0 Å². The molecular weight excluding hydrogens is 470 g/mol. The molecule has 0 aliphatic heterocycles. The molecule has 0 bridgehead atoms. The third kappa shape index (κ3) is 4.67. The van der Waals surface area contributed by atoms with Crippen molar-refractivity contribution in [3.63, 3.8) is 0 Å². The third-order valence-electron chi connectivity index (χ3n) is 5.41. The predicted octanol–water partition coefficient (Wildman–Crippen LogP) is 5.09. The molecule has 2 heterocycles. The van der Waals surface area contributed by atoms with E-state index in [0.717, 1.165) is 27.2 Å². The Morgan fingerprint density at radius 3 is 2.47 bits per heavy atom. The number of fused-ring (bicyclic) bond motifs is 1. The molecule has 0 radical (unpaired) electrons. The molecule has 7 nitrogen and oxygen atoms in total. The van der Waals surface area contributed by atoms with Crippen molar-refractivity contribution < 1.29 is 17.9 Å². The van der Waals surface area contributed by atoms with Crippen LogP contribution in [0.25, 0.3) is 22.2 Å². The maximum absolute atomic E-state index is 13.1. The Kier molecular flexibility index (Phi) is 6.18. The molecule has 2 aromatic carbocycles. The van der Waals surface area contributed by atoms with Crippen LogP contribution in [-0.4, -0.2) is 31.4 Å². The normalized spacial score (nSPS) is 12.0. The van der Waals surface area contributed by atoms with Crippen molar-refractivity contribution in [2.24, 2.45) is 0 Å². The van der Waals surface area contributed by atoms with Gasteiger partial charge in [-0.05, 0) is 48.2 Å². The molecule has 0 atom stereocenters. The first-order valence-corrected chi connectivity index (χ1v) is 12.9. The number of nitrogens with zero attached hydrogens (tertiary/aromatic N) is 2. The summed E-state index contributed by atoms with van der Waals surface area (Å²) in [6.07, 6.45) is 0. The van der Waals surface area contributed by atoms with Gasteiger partial charge in [0.05, 0.1) is 23.3 Å². The van der Waals surface area contributed by atoms with Gasteiger partial charge in [0.2, 0.25) is 0 Å². The molecule has 1 N–H and O–H groups in total. The van der Waals surface area contributed by atoms with E-state index in [9.17, 15) is 13.2 Å². The Balaban J connectivity index is 1.68. The summed E-state index contributed by atoms with van der Waals surface area (Å²) < 4.78 is 33.7. The number of ether oxygens (including phenoxy) is 1. The maximum Gasteiger partial charge on any atom is 0.283 e. The van der Waals surface area contributed by atoms with E-state index in [2.05, 4.69) is 14.7 Å². The van der Waals surface area contributed by atoms with Crippen LogP contribution < -0.4 is 9.46 Å². The highest BCUT2D eigenvalue weighted by Gasteiger charge is 2.26. The number of methoxy groups -OCH3 is 1. The Labute approximate surface area is 202 Å². The zero-order valence-electron chi connectivity index (χ0n) is 19.5. The fraction of sp³-hybridized carbons (Fsp3) is 0.240. The van der Waals surface area contributed by atoms with E-state index in [1.165, 1.54) is 19.2 Å². The standard InChI is InChI=1S/C25H25N3O4S2/c1-15-26-21(14-33-15)17-7-6-8-19-18(17)10-11-20(27-19)24(29)28-34(30,31)23-13-16(25(2,3)4)9-12-22(23)32-5/h6-14H,1-5H3,(H,28,29). The minimum Gasteiger partial charge on any atom is -0.495 e. The molecular formula is C25H25N3O4S2. The van der Waals surface area contributed by atoms with Gasteiger partial charge in [0.1, 0.15) is 16.3 Å². The number of aromatic nitrogens is 2. The number of benzene rings is 2. The van der Waals surface area contributed by atoms with E-state index < -0.39 is 15.9 Å². The molecule has 0 spiro atoms. The van der Waals surface area contributed by atoms with Gasteiger partial charge in [-0.1, -0.05) is 39.0 Å². The number of pyridine rings is 1. The minimum absolute atomic E-state index is 0.00590. The first kappa shape index (κ1) is 23.8. The fourth-order valence-electron chi connectivity index (χ4n) is 3.57. The van der Waals surface area contributed by atoms with Crippen LogP contribution >= 0.6 is 11.3 Å². The Bertz CT molecular complexity index is 1500. The van der Waals surface area contributed by atoms with Crippen molar-refractivity contribution in [1.82, 2.24) is 14.7 Å². The number of sulfonamides is 1. The molecule has 0 saturated heterocycles. The predicted molar refractivity (Wildman–Crippen MR) is 134 cm³/mol. The highest BCUT2D eigenvalue weighted by atomic mass is 32.2. The van der Waals surface area contributed by atoms with Crippen LogP contribution in [0.5, 0.6) is 5.75 Å². The van der Waals surface area contributed by atoms with Gasteiger partial charge in [-0.3, -0.25) is 4.79 Å². The summed E-state index contributed by atoms with van der Waals surface area (Å²) in [5.74, 6) is -0.664. The number of carbonyl (C=O) groups excluding carboxylic acids is 1. The summed E-state index contributed by atoms with van der Waals surface area (Å²) in [7, 11) is -2.82. The van der Waals surface area contributed by atoms with Crippen molar-refractivity contribution in [3.8, 4) is 17.0 Å². The third-order valence-corrected chi connectivity index (χ3v) is 7.53. The largest absolute Gasteiger partial charge is 0.495 e. The number of hydrogen-bond acceptors (Lipinski definition) is 7. The van der Waals surface area contributed by atoms with Crippen molar-refractivity contribution >= 4 is 38.2 Å². The van der Waals surface area contributed by atoms with Crippen LogP contribution in [0.4, 0.5) is 0 Å². The van der Waals surface area contributed by atoms with Crippen LogP contribution in [0.1, 0.15) is 41.8 Å². The number of nitrogens with one attached hydrogen (secondary N) is 1. The van der Waals surface area contributed by atoms with Crippen molar-refractivity contribution in [2.45, 2.75) is 38.0 Å². The fourth-order valence-corrected chi connectivity index (χ4v) is 5.34. The Morgan fingerprint density at radius 1 is 1.06 bits per heavy atom. The van der Waals surface area contributed by atoms with Gasteiger partial charge in [0, 0.05) is 16.3 Å². The molecule has 4 aromatic rings. The van der Waals surface area contributed by atoms with Crippen LogP contribution in [0.15, 0.2) is 58.8 Å². The monoisotopic (exact) mass is 495 g/mol. The molecule has 0 fully saturated rings. The Morgan fingerprint density at radius 2 is 1.82 bits per heavy atom. The first-order chi connectivity index (χ1) is 16.0. The molecule has 0 aliphatic rings. The number of thiazole rings is 1. The summed E-state index contributed by atoms with van der Waals surface area (Å²) in [4.78, 5) is 21.8. The highest BCUT2D eigenvalue weighted by molar-refractivity contribution is 7.90. The lowest BCUT2D eigenvalue weighted by Gasteiger charge is -2.21. The van der Waals surface area contributed by atoms with Gasteiger partial charge in [-0.2, -0.15) is 0 Å². The van der Waals surface area contributed by atoms with Gasteiger partial charge in [0.25, 0.3) is 15.9 Å². The van der Waals surface area contributed by atoms with E-state index in [4.69, 9.17) is 4.74 Å². The number of rotatable bonds is 5. The van der Waals surface area contributed by atoms with Gasteiger partial charge < -0.3 is 4.74 Å². The van der Waals surface area contributed by atoms with E-state index in [1.54, 1.807) is 29.5 Å². The SMILES string of the molecule is COc1ccc(C(C)(C)C)cc1S(=O)(=O)NC(=O)c1ccc2c(-c3csc(C)n3)cccc2n1. The van der Waals surface area contributed by atoms with E-state index in [-0.39, 0.29) is 21.8 Å². The van der Waals surface area contributed by atoms with Crippen LogP contribution in [0, 0.1) is 6.92 Å². The van der Waals surface area contributed by atoms with E-state index in [1.807, 2.05) is 51.3 Å². The van der Waals surface area contributed by atoms with Crippen LogP contribution in [0.3, 0.4) is 0 Å². The number of amides is 1. The average molecular weight is 496 g/mol. The van der Waals surface area contributed by atoms with Crippen LogP contribution in [0.2, 0.25) is 0 Å². The molecule has 0 aliphatic carbocycles. The lowest BCUT2D eigenvalue weighted by Crippen LogP contribution is -2.31. The molecule has 4 rings (SSSR count). The van der Waals surface area contributed by atoms with Gasteiger partial charge in [-0.25, -0.2) is 23.1 Å². The number of aryl methyl sites for hydroxylation is 1. The van der Waals surface area contributed by atoms with E-state index in [0.29, 0.717) is 5.52 Å². The summed E-state index contributed by atoms with van der Waals surface area (Å²) >= 11 is 1.55. The van der Waals surface area contributed by atoms with Crippen molar-refractivity contribution in [3.05, 3.63) is 70.2 Å². The van der Waals surface area contributed by atoms with Crippen molar-refractivity contribution in [1.29, 1.82) is 0 Å². The Hall–Kier alpha value is -3.30. The maximum atomic E-state index is 13.1. The summed E-state index contributed by atoms with van der Waals surface area (Å²) in [6.45, 7) is 7.87. The molecule has 0 saturated carbocycles. The first-order valence-electron chi connectivity index (χ1n) is 10.6. The molecule has 9 heteroatoms. The van der Waals surface area contributed by atoms with Gasteiger partial charge in [-0.15, -0.1) is 11.3 Å². The lowest BCUT2D eigenvalue weighted by molar-refractivity contribution is 0.0977. The lowest BCUT2D eigenvalue weighted by atomic mass is 9.87. The molecule has 0 unspecified atom stereocenters. The smallest absolute Gasteiger partial charge is 0.283 e. The average Bonchev–Trinajstić information content (AvgIpc) is 3.23. The number of carbonyl (C=O) groups is 1. The summed E-state index contributed by atoms with van der Waals surface area (Å²) in [5.41, 5.74) is 2.82. The summed E-state index contributed by atoms with van der Waals surface area (Å²) in [5, 5.41) is 3.75. The molecule has 2 aromatic heterocycles. The van der Waals surface area contributed by atoms with Gasteiger partial charge >= 0.3 is 0 Å². The highest BCUT2D eigenvalue weighted by Crippen LogP contribution is 2.31. The van der Waals surface area contributed by atoms with Gasteiger partial charge in [0.15, 0.2) is 0 Å². The zero-order chi connectivity index (χ0) is 24.7. The molecule has 1 amide bonds. The minimum atomic E-state index is -4.21. The quantitative estimate of drug-likeness (QED) is 0.414.